The Morgan fingerprint density at radius 2 is 2.03 bits per heavy atom. The van der Waals surface area contributed by atoms with Crippen LogP contribution in [0.4, 0.5) is 0 Å². The molecule has 29 heavy (non-hydrogen) atoms. The van der Waals surface area contributed by atoms with Gasteiger partial charge in [0.2, 0.25) is 0 Å². The number of nitrogens with one attached hydrogen (secondary N) is 1. The Hall–Kier alpha value is -3.26. The Bertz CT molecular complexity index is 1080. The minimum atomic E-state index is -0.106. The van der Waals surface area contributed by atoms with Crippen LogP contribution in [0.1, 0.15) is 22.5 Å². The van der Waals surface area contributed by atoms with E-state index >= 15 is 0 Å². The van der Waals surface area contributed by atoms with Crippen LogP contribution in [0.5, 0.6) is 11.5 Å². The highest BCUT2D eigenvalue weighted by molar-refractivity contribution is 5.48. The normalized spacial score (nSPS) is 13.8. The van der Waals surface area contributed by atoms with Gasteiger partial charge in [-0.1, -0.05) is 0 Å². The topological polar surface area (TPSA) is 93.2 Å². The molecule has 3 aromatic rings. The van der Waals surface area contributed by atoms with Gasteiger partial charge in [0.15, 0.2) is 5.82 Å². The van der Waals surface area contributed by atoms with Gasteiger partial charge in [-0.05, 0) is 31.5 Å². The number of H-pyrrole nitrogens is 1. The van der Waals surface area contributed by atoms with E-state index in [2.05, 4.69) is 24.8 Å². The van der Waals surface area contributed by atoms with Crippen molar-refractivity contribution in [3.05, 3.63) is 63.5 Å². The number of ether oxygens (including phenoxy) is 2. The van der Waals surface area contributed by atoms with Crippen LogP contribution in [-0.2, 0) is 19.5 Å². The van der Waals surface area contributed by atoms with Crippen molar-refractivity contribution in [1.82, 2.24) is 24.8 Å². The van der Waals surface area contributed by atoms with Gasteiger partial charge >= 0.3 is 0 Å². The summed E-state index contributed by atoms with van der Waals surface area (Å²) >= 11 is 0. The van der Waals surface area contributed by atoms with Crippen LogP contribution in [0.25, 0.3) is 11.5 Å². The first kappa shape index (κ1) is 19.1. The molecule has 0 atom stereocenters. The molecule has 2 aromatic heterocycles. The highest BCUT2D eigenvalue weighted by atomic mass is 16.5. The van der Waals surface area contributed by atoms with E-state index in [1.54, 1.807) is 26.6 Å². The number of hydrogen-bond acceptors (Lipinski definition) is 7. The molecular formula is C21H23N5O3. The molecule has 0 bridgehead atoms. The minimum Gasteiger partial charge on any atom is -0.497 e. The molecule has 3 heterocycles. The van der Waals surface area contributed by atoms with Gasteiger partial charge < -0.3 is 14.5 Å². The summed E-state index contributed by atoms with van der Waals surface area (Å²) in [5.41, 5.74) is 3.81. The predicted octanol–water partition coefficient (Wildman–Crippen LogP) is 2.11. The maximum absolute atomic E-state index is 12.6. The van der Waals surface area contributed by atoms with Crippen molar-refractivity contribution in [1.29, 1.82) is 0 Å². The van der Waals surface area contributed by atoms with E-state index in [0.29, 0.717) is 31.0 Å². The van der Waals surface area contributed by atoms with E-state index in [0.717, 1.165) is 40.6 Å². The third kappa shape index (κ3) is 3.97. The Kier molecular flexibility index (Phi) is 5.26. The zero-order valence-electron chi connectivity index (χ0n) is 16.7. The lowest BCUT2D eigenvalue weighted by Crippen LogP contribution is -2.35. The van der Waals surface area contributed by atoms with Crippen molar-refractivity contribution >= 4 is 0 Å². The molecule has 1 aliphatic rings. The lowest BCUT2D eigenvalue weighted by Gasteiger charge is -2.28. The van der Waals surface area contributed by atoms with E-state index < -0.39 is 0 Å². The third-order valence-electron chi connectivity index (χ3n) is 5.06. The maximum Gasteiger partial charge on any atom is 0.254 e. The van der Waals surface area contributed by atoms with E-state index in [1.807, 2.05) is 25.1 Å². The van der Waals surface area contributed by atoms with Gasteiger partial charge in [-0.3, -0.25) is 14.7 Å². The lowest BCUT2D eigenvalue weighted by molar-refractivity contribution is 0.236. The number of rotatable bonds is 5. The van der Waals surface area contributed by atoms with Gasteiger partial charge in [-0.15, -0.1) is 0 Å². The smallest absolute Gasteiger partial charge is 0.254 e. The van der Waals surface area contributed by atoms with Crippen molar-refractivity contribution < 1.29 is 9.47 Å². The van der Waals surface area contributed by atoms with Crippen LogP contribution >= 0.6 is 0 Å². The molecule has 0 spiro atoms. The second-order valence-electron chi connectivity index (χ2n) is 7.02. The van der Waals surface area contributed by atoms with Gasteiger partial charge in [-0.25, -0.2) is 9.97 Å². The Morgan fingerprint density at radius 3 is 2.76 bits per heavy atom. The molecule has 1 aliphatic heterocycles. The fraction of sp³-hybridized carbons (Fsp3) is 0.333. The average molecular weight is 393 g/mol. The molecule has 1 N–H and O–H groups in total. The van der Waals surface area contributed by atoms with Crippen molar-refractivity contribution in [3.8, 4) is 23.0 Å². The number of nitrogens with zero attached hydrogens (tertiary/aromatic N) is 4. The van der Waals surface area contributed by atoms with Crippen molar-refractivity contribution in [2.45, 2.75) is 26.4 Å². The maximum atomic E-state index is 12.6. The van der Waals surface area contributed by atoms with Crippen LogP contribution in [-0.4, -0.2) is 45.6 Å². The number of aryl methyl sites for hydroxylation is 1. The molecule has 150 valence electrons. The zero-order chi connectivity index (χ0) is 20.4. The highest BCUT2D eigenvalue weighted by Crippen LogP contribution is 2.27. The lowest BCUT2D eigenvalue weighted by atomic mass is 10.0. The Morgan fingerprint density at radius 1 is 1.17 bits per heavy atom. The average Bonchev–Trinajstić information content (AvgIpc) is 2.74. The molecule has 0 unspecified atom stereocenters. The second-order valence-corrected chi connectivity index (χ2v) is 7.02. The minimum absolute atomic E-state index is 0.106. The predicted molar refractivity (Wildman–Crippen MR) is 108 cm³/mol. The summed E-state index contributed by atoms with van der Waals surface area (Å²) in [6.45, 7) is 3.88. The number of methoxy groups -OCH3 is 2. The highest BCUT2D eigenvalue weighted by Gasteiger charge is 2.23. The van der Waals surface area contributed by atoms with Gasteiger partial charge in [-0.2, -0.15) is 0 Å². The molecule has 0 amide bonds. The first-order valence-electron chi connectivity index (χ1n) is 9.41. The molecule has 4 rings (SSSR count). The number of fused-ring (bicyclic) bond motifs is 1. The first-order valence-corrected chi connectivity index (χ1v) is 9.41. The van der Waals surface area contributed by atoms with Gasteiger partial charge in [0, 0.05) is 37.0 Å². The summed E-state index contributed by atoms with van der Waals surface area (Å²) in [6.07, 6.45) is 3.93. The SMILES string of the molecule is COc1ccc(OC)c(CN2CCc3c(nc(-c4cnc(C)cn4)[nH]c3=O)C2)c1. The number of aromatic amines is 1. The van der Waals surface area contributed by atoms with Gasteiger partial charge in [0.05, 0.1) is 31.8 Å². The van der Waals surface area contributed by atoms with E-state index in [1.165, 1.54) is 0 Å². The summed E-state index contributed by atoms with van der Waals surface area (Å²) in [5, 5.41) is 0. The second kappa shape index (κ2) is 8.00. The third-order valence-corrected chi connectivity index (χ3v) is 5.06. The molecular weight excluding hydrogens is 370 g/mol. The molecule has 0 radical (unpaired) electrons. The molecule has 0 saturated heterocycles. The molecule has 0 saturated carbocycles. The fourth-order valence-electron chi connectivity index (χ4n) is 3.51. The van der Waals surface area contributed by atoms with Gasteiger partial charge in [0.25, 0.3) is 5.56 Å². The van der Waals surface area contributed by atoms with Crippen molar-refractivity contribution in [2.24, 2.45) is 0 Å². The summed E-state index contributed by atoms with van der Waals surface area (Å²) < 4.78 is 10.8. The van der Waals surface area contributed by atoms with Crippen LogP contribution < -0.4 is 15.0 Å². The summed E-state index contributed by atoms with van der Waals surface area (Å²) in [5.74, 6) is 2.04. The largest absolute Gasteiger partial charge is 0.497 e. The van der Waals surface area contributed by atoms with Crippen LogP contribution in [0.3, 0.4) is 0 Å². The standard InChI is InChI=1S/C21H23N5O3/c1-13-9-23-17(10-22-13)20-24-18-12-26(7-6-16(18)21(27)25-20)11-14-8-15(28-2)4-5-19(14)29-3/h4-5,8-10H,6-7,11-12H2,1-3H3,(H,24,25,27). The Labute approximate surface area is 168 Å². The quantitative estimate of drug-likeness (QED) is 0.710. The molecule has 0 fully saturated rings. The summed E-state index contributed by atoms with van der Waals surface area (Å²) in [6, 6.07) is 5.76. The Balaban J connectivity index is 1.61. The number of hydrogen-bond donors (Lipinski definition) is 1. The van der Waals surface area contributed by atoms with Crippen molar-refractivity contribution in [2.75, 3.05) is 20.8 Å². The van der Waals surface area contributed by atoms with Gasteiger partial charge in [0.1, 0.15) is 17.2 Å². The van der Waals surface area contributed by atoms with Crippen LogP contribution in [0.2, 0.25) is 0 Å². The van der Waals surface area contributed by atoms with Crippen LogP contribution in [0.15, 0.2) is 35.4 Å². The molecule has 8 nitrogen and oxygen atoms in total. The summed E-state index contributed by atoms with van der Waals surface area (Å²) in [7, 11) is 3.31. The van der Waals surface area contributed by atoms with Crippen molar-refractivity contribution in [3.63, 3.8) is 0 Å². The van der Waals surface area contributed by atoms with E-state index in [4.69, 9.17) is 9.47 Å². The zero-order valence-corrected chi connectivity index (χ0v) is 16.7. The molecule has 0 aliphatic carbocycles. The van der Waals surface area contributed by atoms with E-state index in [9.17, 15) is 4.79 Å². The van der Waals surface area contributed by atoms with Crippen LogP contribution in [0, 0.1) is 6.92 Å². The molecule has 1 aromatic carbocycles. The number of benzene rings is 1. The molecule has 8 heteroatoms. The monoisotopic (exact) mass is 393 g/mol. The van der Waals surface area contributed by atoms with E-state index in [-0.39, 0.29) is 5.56 Å². The number of aromatic nitrogens is 4. The fourth-order valence-corrected chi connectivity index (χ4v) is 3.51. The summed E-state index contributed by atoms with van der Waals surface area (Å²) in [4.78, 5) is 30.9. The first-order chi connectivity index (χ1) is 14.1.